The van der Waals surface area contributed by atoms with E-state index in [4.69, 9.17) is 4.74 Å². The lowest BCUT2D eigenvalue weighted by molar-refractivity contribution is -0.154. The Morgan fingerprint density at radius 2 is 1.89 bits per heavy atom. The summed E-state index contributed by atoms with van der Waals surface area (Å²) in [6.07, 6.45) is 3.87. The fourth-order valence-electron chi connectivity index (χ4n) is 1.82. The second kappa shape index (κ2) is 7.20. The molecule has 1 aromatic rings. The highest BCUT2D eigenvalue weighted by Crippen LogP contribution is 2.24. The highest BCUT2D eigenvalue weighted by Gasteiger charge is 2.28. The van der Waals surface area contributed by atoms with E-state index in [1.165, 1.54) is 5.56 Å². The van der Waals surface area contributed by atoms with E-state index in [0.717, 1.165) is 25.7 Å². The zero-order valence-corrected chi connectivity index (χ0v) is 11.7. The van der Waals surface area contributed by atoms with Crippen LogP contribution in [-0.4, -0.2) is 12.6 Å². The van der Waals surface area contributed by atoms with Gasteiger partial charge in [0.15, 0.2) is 0 Å². The molecule has 0 aliphatic rings. The third kappa shape index (κ3) is 4.91. The molecule has 0 saturated carbocycles. The molecule has 0 spiro atoms. The van der Waals surface area contributed by atoms with Crippen molar-refractivity contribution in [2.45, 2.75) is 46.5 Å². The maximum Gasteiger partial charge on any atom is 0.311 e. The summed E-state index contributed by atoms with van der Waals surface area (Å²) in [7, 11) is 0. The van der Waals surface area contributed by atoms with Gasteiger partial charge >= 0.3 is 5.97 Å². The molecule has 0 unspecified atom stereocenters. The number of hydrogen-bond acceptors (Lipinski definition) is 2. The van der Waals surface area contributed by atoms with E-state index in [2.05, 4.69) is 19.1 Å². The molecule has 0 heterocycles. The average Bonchev–Trinajstić information content (AvgIpc) is 2.37. The van der Waals surface area contributed by atoms with E-state index in [9.17, 15) is 4.79 Å². The van der Waals surface area contributed by atoms with Crippen molar-refractivity contribution in [3.05, 3.63) is 35.9 Å². The van der Waals surface area contributed by atoms with Crippen molar-refractivity contribution in [2.75, 3.05) is 6.61 Å². The van der Waals surface area contributed by atoms with Gasteiger partial charge in [-0.3, -0.25) is 4.79 Å². The summed E-state index contributed by atoms with van der Waals surface area (Å²) in [4.78, 5) is 11.9. The van der Waals surface area contributed by atoms with E-state index in [1.54, 1.807) is 0 Å². The molecule has 0 amide bonds. The zero-order chi connectivity index (χ0) is 13.4. The van der Waals surface area contributed by atoms with Crippen molar-refractivity contribution in [3.8, 4) is 0 Å². The van der Waals surface area contributed by atoms with Gasteiger partial charge in [-0.25, -0.2) is 0 Å². The van der Waals surface area contributed by atoms with Gasteiger partial charge in [-0.2, -0.15) is 0 Å². The fraction of sp³-hybridized carbons (Fsp3) is 0.562. The molecule has 2 nitrogen and oxygen atoms in total. The van der Waals surface area contributed by atoms with Gasteiger partial charge in [-0.05, 0) is 25.8 Å². The quantitative estimate of drug-likeness (QED) is 0.682. The van der Waals surface area contributed by atoms with Crippen LogP contribution >= 0.6 is 0 Å². The molecule has 0 aromatic heterocycles. The third-order valence-corrected chi connectivity index (χ3v) is 3.17. The molecule has 0 radical (unpaired) electrons. The zero-order valence-electron chi connectivity index (χ0n) is 11.7. The Labute approximate surface area is 110 Å². The normalized spacial score (nSPS) is 11.3. The smallest absolute Gasteiger partial charge is 0.311 e. The first-order valence-electron chi connectivity index (χ1n) is 6.77. The minimum Gasteiger partial charge on any atom is -0.465 e. The van der Waals surface area contributed by atoms with Crippen LogP contribution in [0, 0.1) is 5.41 Å². The Balaban J connectivity index is 2.32. The van der Waals surface area contributed by atoms with Crippen LogP contribution in [0.4, 0.5) is 0 Å². The Hall–Kier alpha value is -1.31. The monoisotopic (exact) mass is 248 g/mol. The molecule has 0 aliphatic heterocycles. The summed E-state index contributed by atoms with van der Waals surface area (Å²) in [6, 6.07) is 10.1. The van der Waals surface area contributed by atoms with Gasteiger partial charge in [0.2, 0.25) is 0 Å². The van der Waals surface area contributed by atoms with Crippen LogP contribution in [0.2, 0.25) is 0 Å². The summed E-state index contributed by atoms with van der Waals surface area (Å²) < 4.78 is 5.37. The van der Waals surface area contributed by atoms with Gasteiger partial charge < -0.3 is 4.74 Å². The predicted molar refractivity (Wildman–Crippen MR) is 74.4 cm³/mol. The second-order valence-corrected chi connectivity index (χ2v) is 5.36. The number of rotatable bonds is 7. The van der Waals surface area contributed by atoms with Crippen LogP contribution in [0.5, 0.6) is 0 Å². The predicted octanol–water partition coefficient (Wildman–Crippen LogP) is 3.99. The molecule has 0 saturated heterocycles. The van der Waals surface area contributed by atoms with E-state index in [-0.39, 0.29) is 11.4 Å². The van der Waals surface area contributed by atoms with Gasteiger partial charge in [0.05, 0.1) is 12.0 Å². The Bertz CT molecular complexity index is 355. The molecule has 1 rings (SSSR count). The minimum absolute atomic E-state index is 0.0770. The Kier molecular flexibility index (Phi) is 5.90. The Morgan fingerprint density at radius 3 is 2.50 bits per heavy atom. The first kappa shape index (κ1) is 14.7. The van der Waals surface area contributed by atoms with Crippen molar-refractivity contribution >= 4 is 5.97 Å². The lowest BCUT2D eigenvalue weighted by Crippen LogP contribution is -2.27. The minimum atomic E-state index is -0.354. The molecule has 18 heavy (non-hydrogen) atoms. The highest BCUT2D eigenvalue weighted by atomic mass is 16.5. The lowest BCUT2D eigenvalue weighted by Gasteiger charge is -2.22. The van der Waals surface area contributed by atoms with Crippen molar-refractivity contribution in [1.82, 2.24) is 0 Å². The van der Waals surface area contributed by atoms with Gasteiger partial charge in [-0.1, -0.05) is 50.1 Å². The van der Waals surface area contributed by atoms with E-state index < -0.39 is 0 Å². The van der Waals surface area contributed by atoms with Crippen LogP contribution in [0.3, 0.4) is 0 Å². The number of benzene rings is 1. The Morgan fingerprint density at radius 1 is 1.22 bits per heavy atom. The van der Waals surface area contributed by atoms with Gasteiger partial charge in [0, 0.05) is 6.42 Å². The summed E-state index contributed by atoms with van der Waals surface area (Å²) >= 11 is 0. The maximum absolute atomic E-state index is 11.9. The molecule has 0 N–H and O–H groups in total. The van der Waals surface area contributed by atoms with Gasteiger partial charge in [0.1, 0.15) is 0 Å². The first-order valence-corrected chi connectivity index (χ1v) is 6.77. The summed E-state index contributed by atoms with van der Waals surface area (Å²) in [5, 5.41) is 0. The van der Waals surface area contributed by atoms with Gasteiger partial charge in [0.25, 0.3) is 0 Å². The molecular formula is C16H24O2. The molecule has 0 aliphatic carbocycles. The summed E-state index contributed by atoms with van der Waals surface area (Å²) in [5.74, 6) is -0.0770. The molecule has 100 valence electrons. The molecule has 0 fully saturated rings. The third-order valence-electron chi connectivity index (χ3n) is 3.17. The largest absolute Gasteiger partial charge is 0.465 e. The second-order valence-electron chi connectivity index (χ2n) is 5.36. The van der Waals surface area contributed by atoms with Crippen LogP contribution in [0.15, 0.2) is 30.3 Å². The van der Waals surface area contributed by atoms with Crippen molar-refractivity contribution in [3.63, 3.8) is 0 Å². The maximum atomic E-state index is 11.9. The van der Waals surface area contributed by atoms with Crippen LogP contribution < -0.4 is 0 Å². The lowest BCUT2D eigenvalue weighted by atomic mass is 9.87. The standard InChI is InChI=1S/C16H24O2/c1-4-5-12-16(2,3)15(17)18-13-11-14-9-7-6-8-10-14/h6-10H,4-5,11-13H2,1-3H3. The van der Waals surface area contributed by atoms with E-state index in [1.807, 2.05) is 32.0 Å². The van der Waals surface area contributed by atoms with Crippen LogP contribution in [-0.2, 0) is 16.0 Å². The van der Waals surface area contributed by atoms with E-state index >= 15 is 0 Å². The van der Waals surface area contributed by atoms with Gasteiger partial charge in [-0.15, -0.1) is 0 Å². The molecule has 1 aromatic carbocycles. The van der Waals surface area contributed by atoms with E-state index in [0.29, 0.717) is 6.61 Å². The number of carbonyl (C=O) groups excluding carboxylic acids is 1. The molecule has 0 atom stereocenters. The number of ether oxygens (including phenoxy) is 1. The summed E-state index contributed by atoms with van der Waals surface area (Å²) in [6.45, 7) is 6.54. The summed E-state index contributed by atoms with van der Waals surface area (Å²) in [5.41, 5.74) is 0.851. The molecule has 2 heteroatoms. The number of unbranched alkanes of at least 4 members (excludes halogenated alkanes) is 1. The van der Waals surface area contributed by atoms with Crippen molar-refractivity contribution < 1.29 is 9.53 Å². The highest BCUT2D eigenvalue weighted by molar-refractivity contribution is 5.75. The van der Waals surface area contributed by atoms with Crippen LogP contribution in [0.25, 0.3) is 0 Å². The molecular weight excluding hydrogens is 224 g/mol. The average molecular weight is 248 g/mol. The number of esters is 1. The molecule has 0 bridgehead atoms. The number of carbonyl (C=O) groups is 1. The van der Waals surface area contributed by atoms with Crippen LogP contribution in [0.1, 0.15) is 45.6 Å². The number of hydrogen-bond donors (Lipinski definition) is 0. The SMILES string of the molecule is CCCCC(C)(C)C(=O)OCCc1ccccc1. The van der Waals surface area contributed by atoms with Crippen molar-refractivity contribution in [1.29, 1.82) is 0 Å². The fourth-order valence-corrected chi connectivity index (χ4v) is 1.82. The van der Waals surface area contributed by atoms with Crippen molar-refractivity contribution in [2.24, 2.45) is 5.41 Å². The topological polar surface area (TPSA) is 26.3 Å². The first-order chi connectivity index (χ1) is 8.56.